The summed E-state index contributed by atoms with van der Waals surface area (Å²) >= 11 is 1.87. The van der Waals surface area contributed by atoms with E-state index in [9.17, 15) is 0 Å². The molecule has 0 aliphatic carbocycles. The molecule has 0 saturated heterocycles. The normalized spacial score (nSPS) is 11.9. The number of benzene rings is 9. The minimum absolute atomic E-state index is 0.643. The van der Waals surface area contributed by atoms with Crippen LogP contribution in [-0.4, -0.2) is 19.5 Å². The van der Waals surface area contributed by atoms with Crippen molar-refractivity contribution < 1.29 is 0 Å². The quantitative estimate of drug-likeness (QED) is 0.168. The van der Waals surface area contributed by atoms with Crippen LogP contribution in [0, 0.1) is 0 Å². The van der Waals surface area contributed by atoms with E-state index in [1.807, 2.05) is 72.4 Å². The van der Waals surface area contributed by atoms with Gasteiger partial charge in [-0.05, 0) is 87.3 Å². The number of aromatic nitrogens is 4. The van der Waals surface area contributed by atoms with E-state index in [4.69, 9.17) is 15.0 Å². The van der Waals surface area contributed by atoms with E-state index in [-0.39, 0.29) is 0 Å². The maximum Gasteiger partial charge on any atom is 0.164 e. The lowest BCUT2D eigenvalue weighted by Gasteiger charge is -2.21. The monoisotopic (exact) mass is 782 g/mol. The van der Waals surface area contributed by atoms with Crippen LogP contribution in [0.15, 0.2) is 216 Å². The van der Waals surface area contributed by atoms with Crippen LogP contribution >= 0.6 is 11.8 Å². The minimum atomic E-state index is 0.643. The van der Waals surface area contributed by atoms with Gasteiger partial charge in [-0.2, -0.15) is 0 Å². The third kappa shape index (κ3) is 5.82. The van der Waals surface area contributed by atoms with Crippen molar-refractivity contribution in [2.24, 2.45) is 0 Å². The fraction of sp³-hybridized carbons (Fsp3) is 0. The van der Waals surface area contributed by atoms with Gasteiger partial charge in [0.15, 0.2) is 17.5 Å². The van der Waals surface area contributed by atoms with Crippen LogP contribution in [-0.2, 0) is 0 Å². The van der Waals surface area contributed by atoms with E-state index in [1.54, 1.807) is 0 Å². The molecule has 3 heterocycles. The van der Waals surface area contributed by atoms with Gasteiger partial charge in [0, 0.05) is 48.3 Å². The third-order valence-corrected chi connectivity index (χ3v) is 12.8. The second-order valence-electron chi connectivity index (χ2n) is 15.2. The Balaban J connectivity index is 0.908. The summed E-state index contributed by atoms with van der Waals surface area (Å²) in [5.74, 6) is 1.95. The summed E-state index contributed by atoms with van der Waals surface area (Å²) in [7, 11) is 0. The lowest BCUT2D eigenvalue weighted by Crippen LogP contribution is -2.00. The molecular formula is C55H34N4S. The molecule has 0 bridgehead atoms. The van der Waals surface area contributed by atoms with Gasteiger partial charge in [0.05, 0.1) is 11.0 Å². The third-order valence-electron chi connectivity index (χ3n) is 11.6. The first-order valence-corrected chi connectivity index (χ1v) is 21.0. The van der Waals surface area contributed by atoms with Crippen molar-refractivity contribution in [1.29, 1.82) is 0 Å². The molecule has 60 heavy (non-hydrogen) atoms. The lowest BCUT2D eigenvalue weighted by atomic mass is 9.94. The molecule has 5 heteroatoms. The first-order chi connectivity index (χ1) is 29.7. The highest BCUT2D eigenvalue weighted by atomic mass is 32.2. The first-order valence-electron chi connectivity index (χ1n) is 20.2. The number of hydrogen-bond donors (Lipinski definition) is 0. The van der Waals surface area contributed by atoms with Gasteiger partial charge in [-0.25, -0.2) is 15.0 Å². The van der Waals surface area contributed by atoms with Crippen molar-refractivity contribution in [2.75, 3.05) is 0 Å². The molecule has 0 fully saturated rings. The minimum Gasteiger partial charge on any atom is -0.309 e. The molecule has 0 saturated carbocycles. The molecular weight excluding hydrogens is 749 g/mol. The van der Waals surface area contributed by atoms with Crippen LogP contribution in [0.4, 0.5) is 0 Å². The molecule has 0 N–H and O–H groups in total. The van der Waals surface area contributed by atoms with Crippen molar-refractivity contribution in [3.8, 4) is 73.2 Å². The standard InChI is InChI=1S/C55H34N4S/c1-3-12-37(13-4-1)53-56-54(38-14-5-2-6-15-38)58-55(57-53)39-26-24-35(25-27-39)40-18-9-19-43(32-40)59-48-22-8-7-20-44(48)46-33-41(28-30-49(46)59)42-29-31-50-47(34-42)45-21-10-16-36-17-11-23-51(60-50)52(36)45/h1-34H. The molecule has 0 radical (unpaired) electrons. The van der Waals surface area contributed by atoms with Gasteiger partial charge in [-0.3, -0.25) is 0 Å². The lowest BCUT2D eigenvalue weighted by molar-refractivity contribution is 1.07. The first kappa shape index (κ1) is 34.4. The van der Waals surface area contributed by atoms with E-state index in [2.05, 4.69) is 150 Å². The molecule has 0 atom stereocenters. The summed E-state index contributed by atoms with van der Waals surface area (Å²) in [5.41, 5.74) is 13.6. The number of hydrogen-bond acceptors (Lipinski definition) is 4. The van der Waals surface area contributed by atoms with Gasteiger partial charge in [-0.15, -0.1) is 0 Å². The van der Waals surface area contributed by atoms with E-state index in [1.165, 1.54) is 64.6 Å². The molecule has 1 aliphatic heterocycles. The fourth-order valence-corrected chi connectivity index (χ4v) is 9.88. The number of para-hydroxylation sites is 1. The van der Waals surface area contributed by atoms with Crippen molar-refractivity contribution in [3.05, 3.63) is 206 Å². The van der Waals surface area contributed by atoms with Crippen molar-refractivity contribution in [2.45, 2.75) is 9.79 Å². The Labute approximate surface area is 351 Å². The summed E-state index contributed by atoms with van der Waals surface area (Å²) < 4.78 is 2.40. The highest BCUT2D eigenvalue weighted by Crippen LogP contribution is 2.49. The van der Waals surface area contributed by atoms with Crippen LogP contribution in [0.5, 0.6) is 0 Å². The van der Waals surface area contributed by atoms with Crippen LogP contribution in [0.1, 0.15) is 0 Å². The average molecular weight is 783 g/mol. The Morgan fingerprint density at radius 2 is 0.883 bits per heavy atom. The number of rotatable bonds is 6. The predicted octanol–water partition coefficient (Wildman–Crippen LogP) is 14.6. The fourth-order valence-electron chi connectivity index (χ4n) is 8.75. The van der Waals surface area contributed by atoms with Crippen molar-refractivity contribution in [3.63, 3.8) is 0 Å². The van der Waals surface area contributed by atoms with Crippen molar-refractivity contribution in [1.82, 2.24) is 19.5 Å². The zero-order valence-electron chi connectivity index (χ0n) is 32.3. The summed E-state index contributed by atoms with van der Waals surface area (Å²) in [6.07, 6.45) is 0. The molecule has 9 aromatic carbocycles. The van der Waals surface area contributed by atoms with E-state index in [0.717, 1.165) is 33.5 Å². The molecule has 0 spiro atoms. The summed E-state index contributed by atoms with van der Waals surface area (Å²) in [6, 6.07) is 73.5. The molecule has 280 valence electrons. The van der Waals surface area contributed by atoms with Gasteiger partial charge >= 0.3 is 0 Å². The second-order valence-corrected chi connectivity index (χ2v) is 16.3. The zero-order valence-corrected chi connectivity index (χ0v) is 33.1. The van der Waals surface area contributed by atoms with Crippen LogP contribution < -0.4 is 0 Å². The molecule has 11 aromatic rings. The maximum atomic E-state index is 4.94. The van der Waals surface area contributed by atoms with Gasteiger partial charge < -0.3 is 4.57 Å². The maximum absolute atomic E-state index is 4.94. The zero-order chi connectivity index (χ0) is 39.6. The SMILES string of the molecule is c1ccc(-c2nc(-c3ccccc3)nc(-c3ccc(-c4cccc(-n5c6ccccc6c6cc(-c7ccc8c(c7)-c7cccc9cccc(c79)S8)ccc65)c4)cc3)n2)cc1. The summed E-state index contributed by atoms with van der Waals surface area (Å²) in [4.78, 5) is 17.4. The van der Waals surface area contributed by atoms with Gasteiger partial charge in [0.2, 0.25) is 0 Å². The number of nitrogens with zero attached hydrogens (tertiary/aromatic N) is 4. The largest absolute Gasteiger partial charge is 0.309 e. The van der Waals surface area contributed by atoms with Crippen LogP contribution in [0.2, 0.25) is 0 Å². The predicted molar refractivity (Wildman–Crippen MR) is 248 cm³/mol. The van der Waals surface area contributed by atoms with E-state index >= 15 is 0 Å². The number of fused-ring (bicyclic) bond motifs is 5. The van der Waals surface area contributed by atoms with Gasteiger partial charge in [0.1, 0.15) is 0 Å². The Bertz CT molecular complexity index is 3380. The Kier molecular flexibility index (Phi) is 8.06. The topological polar surface area (TPSA) is 43.6 Å². The Morgan fingerprint density at radius 1 is 0.333 bits per heavy atom. The van der Waals surface area contributed by atoms with Gasteiger partial charge in [0.25, 0.3) is 0 Å². The smallest absolute Gasteiger partial charge is 0.164 e. The molecule has 0 unspecified atom stereocenters. The van der Waals surface area contributed by atoms with Gasteiger partial charge in [-0.1, -0.05) is 169 Å². The molecule has 2 aromatic heterocycles. The van der Waals surface area contributed by atoms with Crippen LogP contribution in [0.25, 0.3) is 106 Å². The van der Waals surface area contributed by atoms with Crippen LogP contribution in [0.3, 0.4) is 0 Å². The average Bonchev–Trinajstić information content (AvgIpc) is 3.66. The highest BCUT2D eigenvalue weighted by molar-refractivity contribution is 7.99. The van der Waals surface area contributed by atoms with E-state index < -0.39 is 0 Å². The molecule has 0 amide bonds. The summed E-state index contributed by atoms with van der Waals surface area (Å²) in [6.45, 7) is 0. The van der Waals surface area contributed by atoms with E-state index in [0.29, 0.717) is 17.5 Å². The molecule has 1 aliphatic rings. The highest BCUT2D eigenvalue weighted by Gasteiger charge is 2.21. The molecule has 12 rings (SSSR count). The second kappa shape index (κ2) is 14.0. The Morgan fingerprint density at radius 3 is 1.63 bits per heavy atom. The van der Waals surface area contributed by atoms with Crippen molar-refractivity contribution >= 4 is 44.3 Å². The molecule has 4 nitrogen and oxygen atoms in total. The Hall–Kier alpha value is -7.60. The summed E-state index contributed by atoms with van der Waals surface area (Å²) in [5, 5.41) is 5.11.